The Labute approximate surface area is 142 Å². The van der Waals surface area contributed by atoms with Gasteiger partial charge in [0, 0.05) is 6.42 Å². The number of unbranched alkanes of at least 4 members (excludes halogenated alkanes) is 2. The van der Waals surface area contributed by atoms with E-state index in [0.29, 0.717) is 6.42 Å². The summed E-state index contributed by atoms with van der Waals surface area (Å²) in [5.74, 6) is -0.113. The largest absolute Gasteiger partial charge is 0.469 e. The Morgan fingerprint density at radius 3 is 1.70 bits per heavy atom. The summed E-state index contributed by atoms with van der Waals surface area (Å²) in [6.07, 6.45) is 29.3. The molecule has 0 aromatic heterocycles. The van der Waals surface area contributed by atoms with Gasteiger partial charge in [-0.2, -0.15) is 0 Å². The van der Waals surface area contributed by atoms with Crippen molar-refractivity contribution in [3.05, 3.63) is 60.8 Å². The number of rotatable bonds is 13. The van der Waals surface area contributed by atoms with Gasteiger partial charge in [-0.05, 0) is 51.9 Å². The molecule has 2 nitrogen and oxygen atoms in total. The van der Waals surface area contributed by atoms with Gasteiger partial charge in [0.1, 0.15) is 0 Å². The zero-order valence-corrected chi connectivity index (χ0v) is 14.7. The van der Waals surface area contributed by atoms with E-state index in [0.717, 1.165) is 44.9 Å². The molecule has 128 valence electrons. The average molecular weight is 316 g/mol. The zero-order valence-electron chi connectivity index (χ0n) is 14.7. The quantitative estimate of drug-likeness (QED) is 0.234. The van der Waals surface area contributed by atoms with Crippen molar-refractivity contribution < 1.29 is 9.53 Å². The van der Waals surface area contributed by atoms with E-state index in [4.69, 9.17) is 0 Å². The molecule has 0 aliphatic rings. The highest BCUT2D eigenvalue weighted by molar-refractivity contribution is 5.68. The summed E-state index contributed by atoms with van der Waals surface area (Å²) in [6, 6.07) is 0. The summed E-state index contributed by atoms with van der Waals surface area (Å²) in [4.78, 5) is 10.9. The molecular weight excluding hydrogens is 284 g/mol. The topological polar surface area (TPSA) is 26.3 Å². The van der Waals surface area contributed by atoms with E-state index in [1.807, 2.05) is 6.92 Å². The summed E-state index contributed by atoms with van der Waals surface area (Å²) < 4.78 is 4.60. The molecule has 0 unspecified atom stereocenters. The molecule has 0 aliphatic heterocycles. The zero-order chi connectivity index (χ0) is 17.0. The third-order valence-electron chi connectivity index (χ3n) is 3.22. The van der Waals surface area contributed by atoms with Crippen molar-refractivity contribution in [1.82, 2.24) is 0 Å². The molecule has 23 heavy (non-hydrogen) atoms. The van der Waals surface area contributed by atoms with E-state index < -0.39 is 0 Å². The fourth-order valence-electron chi connectivity index (χ4n) is 1.88. The minimum atomic E-state index is -0.113. The normalized spacial score (nSPS) is 12.6. The number of carbonyl (C=O) groups is 1. The first-order valence-electron chi connectivity index (χ1n) is 8.59. The molecule has 0 N–H and O–H groups in total. The number of hydrogen-bond acceptors (Lipinski definition) is 2. The molecule has 2 heteroatoms. The third kappa shape index (κ3) is 18.1. The summed E-state index contributed by atoms with van der Waals surface area (Å²) in [5, 5.41) is 0. The van der Waals surface area contributed by atoms with Crippen molar-refractivity contribution in [2.75, 3.05) is 7.11 Å². The second-order valence-electron chi connectivity index (χ2n) is 5.22. The Morgan fingerprint density at radius 1 is 0.739 bits per heavy atom. The molecular formula is C21H32O2. The lowest BCUT2D eigenvalue weighted by Gasteiger charge is -1.96. The molecule has 0 saturated heterocycles. The summed E-state index contributed by atoms with van der Waals surface area (Å²) in [5.41, 5.74) is 0. The highest BCUT2D eigenvalue weighted by Crippen LogP contribution is 2.02. The average Bonchev–Trinajstić information content (AvgIpc) is 2.57. The van der Waals surface area contributed by atoms with Crippen LogP contribution in [-0.2, 0) is 9.53 Å². The van der Waals surface area contributed by atoms with E-state index in [9.17, 15) is 4.79 Å². The smallest absolute Gasteiger partial charge is 0.305 e. The van der Waals surface area contributed by atoms with Crippen LogP contribution >= 0.6 is 0 Å². The SMILES string of the molecule is C/C=C\C/C=C\C/C=C\C/C=C\C/C=C\CCCCC(=O)OC. The molecule has 0 radical (unpaired) electrons. The van der Waals surface area contributed by atoms with Crippen LogP contribution in [0.15, 0.2) is 60.8 Å². The Kier molecular flexibility index (Phi) is 16.8. The Hall–Kier alpha value is -1.83. The molecule has 0 bridgehead atoms. The van der Waals surface area contributed by atoms with Gasteiger partial charge in [0.15, 0.2) is 0 Å². The van der Waals surface area contributed by atoms with Crippen LogP contribution in [0.5, 0.6) is 0 Å². The Morgan fingerprint density at radius 2 is 1.22 bits per heavy atom. The van der Waals surface area contributed by atoms with Crippen LogP contribution in [0, 0.1) is 0 Å². The maximum Gasteiger partial charge on any atom is 0.305 e. The maximum absolute atomic E-state index is 10.9. The standard InChI is InChI=1S/C21H32O2/c1-3-4-5-6-7-8-9-10-11-12-13-14-15-16-17-18-19-20-21(22)23-2/h3-4,6-7,9-10,12-13,15-16H,5,8,11,14,17-20H2,1-2H3/b4-3-,7-6-,10-9-,13-12-,16-15-. The van der Waals surface area contributed by atoms with Gasteiger partial charge in [-0.25, -0.2) is 0 Å². The van der Waals surface area contributed by atoms with Crippen molar-refractivity contribution >= 4 is 5.97 Å². The van der Waals surface area contributed by atoms with Gasteiger partial charge in [-0.3, -0.25) is 4.79 Å². The second kappa shape index (κ2) is 18.2. The van der Waals surface area contributed by atoms with Crippen molar-refractivity contribution in [2.45, 2.75) is 58.3 Å². The van der Waals surface area contributed by atoms with E-state index in [-0.39, 0.29) is 5.97 Å². The lowest BCUT2D eigenvalue weighted by atomic mass is 10.2. The van der Waals surface area contributed by atoms with Gasteiger partial charge >= 0.3 is 5.97 Å². The number of ether oxygens (including phenoxy) is 1. The van der Waals surface area contributed by atoms with Gasteiger partial charge < -0.3 is 4.74 Å². The molecule has 0 heterocycles. The van der Waals surface area contributed by atoms with Crippen LogP contribution in [0.4, 0.5) is 0 Å². The van der Waals surface area contributed by atoms with Crippen LogP contribution < -0.4 is 0 Å². The third-order valence-corrected chi connectivity index (χ3v) is 3.22. The number of carbonyl (C=O) groups excluding carboxylic acids is 1. The molecule has 0 amide bonds. The van der Waals surface area contributed by atoms with Crippen LogP contribution in [0.3, 0.4) is 0 Å². The van der Waals surface area contributed by atoms with Crippen molar-refractivity contribution in [1.29, 1.82) is 0 Å². The molecule has 0 saturated carbocycles. The highest BCUT2D eigenvalue weighted by Gasteiger charge is 1.97. The first-order chi connectivity index (χ1) is 11.3. The molecule has 0 spiro atoms. The molecule has 0 aliphatic carbocycles. The van der Waals surface area contributed by atoms with Crippen molar-refractivity contribution in [3.63, 3.8) is 0 Å². The number of methoxy groups -OCH3 is 1. The summed E-state index contributed by atoms with van der Waals surface area (Å²) >= 11 is 0. The Balaban J connectivity index is 3.44. The fraction of sp³-hybridized carbons (Fsp3) is 0.476. The minimum absolute atomic E-state index is 0.113. The van der Waals surface area contributed by atoms with Gasteiger partial charge in [0.25, 0.3) is 0 Å². The maximum atomic E-state index is 10.9. The first-order valence-corrected chi connectivity index (χ1v) is 8.59. The van der Waals surface area contributed by atoms with Crippen LogP contribution in [0.2, 0.25) is 0 Å². The van der Waals surface area contributed by atoms with Crippen molar-refractivity contribution in [3.8, 4) is 0 Å². The molecule has 0 aromatic rings. The van der Waals surface area contributed by atoms with Gasteiger partial charge in [-0.15, -0.1) is 0 Å². The Bertz CT molecular complexity index is 412. The van der Waals surface area contributed by atoms with E-state index in [1.165, 1.54) is 7.11 Å². The molecule has 0 rings (SSSR count). The molecule has 0 aromatic carbocycles. The predicted molar refractivity (Wildman–Crippen MR) is 100 cm³/mol. The molecule has 0 atom stereocenters. The first kappa shape index (κ1) is 21.2. The lowest BCUT2D eigenvalue weighted by Crippen LogP contribution is -1.98. The second-order valence-corrected chi connectivity index (χ2v) is 5.22. The van der Waals surface area contributed by atoms with Crippen LogP contribution in [0.1, 0.15) is 58.3 Å². The van der Waals surface area contributed by atoms with E-state index in [1.54, 1.807) is 0 Å². The lowest BCUT2D eigenvalue weighted by molar-refractivity contribution is -0.140. The van der Waals surface area contributed by atoms with Gasteiger partial charge in [-0.1, -0.05) is 60.8 Å². The predicted octanol–water partition coefficient (Wildman–Crippen LogP) is 6.08. The molecule has 0 fully saturated rings. The van der Waals surface area contributed by atoms with Gasteiger partial charge in [0.2, 0.25) is 0 Å². The van der Waals surface area contributed by atoms with Crippen LogP contribution in [0.25, 0.3) is 0 Å². The fourth-order valence-corrected chi connectivity index (χ4v) is 1.88. The van der Waals surface area contributed by atoms with Crippen molar-refractivity contribution in [2.24, 2.45) is 0 Å². The van der Waals surface area contributed by atoms with E-state index in [2.05, 4.69) is 65.5 Å². The monoisotopic (exact) mass is 316 g/mol. The van der Waals surface area contributed by atoms with Crippen LogP contribution in [-0.4, -0.2) is 13.1 Å². The highest BCUT2D eigenvalue weighted by atomic mass is 16.5. The number of esters is 1. The summed E-state index contributed by atoms with van der Waals surface area (Å²) in [6.45, 7) is 2.04. The minimum Gasteiger partial charge on any atom is -0.469 e. The van der Waals surface area contributed by atoms with Gasteiger partial charge in [0.05, 0.1) is 7.11 Å². The van der Waals surface area contributed by atoms with E-state index >= 15 is 0 Å². The number of hydrogen-bond donors (Lipinski definition) is 0. The number of allylic oxidation sites excluding steroid dienone is 10. The summed E-state index contributed by atoms with van der Waals surface area (Å²) in [7, 11) is 1.44.